The monoisotopic (exact) mass is 298 g/mol. The Morgan fingerprint density at radius 3 is 2.55 bits per heavy atom. The van der Waals surface area contributed by atoms with Crippen LogP contribution in [0.1, 0.15) is 25.3 Å². The van der Waals surface area contributed by atoms with Gasteiger partial charge in [-0.1, -0.05) is 25.2 Å². The smallest absolute Gasteiger partial charge is 0.237 e. The Kier molecular flexibility index (Phi) is 3.77. The number of nitrogens with two attached hydrogens (primary N) is 1. The summed E-state index contributed by atoms with van der Waals surface area (Å²) in [5, 5.41) is 2.31. The van der Waals surface area contributed by atoms with E-state index >= 15 is 0 Å². The van der Waals surface area contributed by atoms with Crippen LogP contribution < -0.4 is 11.1 Å². The summed E-state index contributed by atoms with van der Waals surface area (Å²) in [6, 6.07) is 2.43. The molecule has 1 fully saturated rings. The zero-order chi connectivity index (χ0) is 15.1. The molecule has 0 bridgehead atoms. The zero-order valence-corrected chi connectivity index (χ0v) is 12.1. The maximum atomic E-state index is 13.9. The highest BCUT2D eigenvalue weighted by molar-refractivity contribution is 7.80. The first-order chi connectivity index (χ1) is 9.28. The minimum absolute atomic E-state index is 0.0709. The van der Waals surface area contributed by atoms with E-state index in [2.05, 4.69) is 5.32 Å². The van der Waals surface area contributed by atoms with Crippen LogP contribution in [0.2, 0.25) is 0 Å². The quantitative estimate of drug-likeness (QED) is 0.844. The van der Waals surface area contributed by atoms with Crippen molar-refractivity contribution in [2.24, 2.45) is 17.1 Å². The summed E-state index contributed by atoms with van der Waals surface area (Å²) in [5.41, 5.74) is 4.47. The van der Waals surface area contributed by atoms with E-state index in [9.17, 15) is 13.6 Å². The summed E-state index contributed by atoms with van der Waals surface area (Å²) < 4.78 is 27.6. The molecule has 0 aliphatic heterocycles. The largest absolute Gasteiger partial charge is 0.392 e. The minimum atomic E-state index is -0.989. The lowest BCUT2D eigenvalue weighted by Crippen LogP contribution is -2.54. The van der Waals surface area contributed by atoms with E-state index < -0.39 is 28.6 Å². The van der Waals surface area contributed by atoms with Crippen molar-refractivity contribution >= 4 is 28.8 Å². The first-order valence-corrected chi connectivity index (χ1v) is 6.74. The Hall–Kier alpha value is -1.56. The van der Waals surface area contributed by atoms with Crippen LogP contribution in [0.5, 0.6) is 0 Å². The molecule has 1 aromatic rings. The van der Waals surface area contributed by atoms with Crippen molar-refractivity contribution in [1.29, 1.82) is 0 Å². The summed E-state index contributed by atoms with van der Waals surface area (Å²) in [6.45, 7) is 3.47. The Morgan fingerprint density at radius 1 is 1.45 bits per heavy atom. The molecule has 6 heteroatoms. The number of benzene rings is 1. The number of aryl methyl sites for hydroxylation is 1. The molecule has 0 unspecified atom stereocenters. The van der Waals surface area contributed by atoms with Gasteiger partial charge in [0.25, 0.3) is 0 Å². The van der Waals surface area contributed by atoms with Gasteiger partial charge < -0.3 is 11.1 Å². The van der Waals surface area contributed by atoms with E-state index in [-0.39, 0.29) is 10.6 Å². The van der Waals surface area contributed by atoms with Crippen LogP contribution in [0, 0.1) is 29.9 Å². The summed E-state index contributed by atoms with van der Waals surface area (Å²) >= 11 is 4.95. The standard InChI is InChI=1S/C14H16F2N2OS/c1-7-5-14(6-7,12(17)20)13(19)18-11-9(15)4-3-8(2)10(11)16/h3-4,7H,5-6H2,1-2H3,(H2,17,20)(H,18,19). The fraction of sp³-hybridized carbons (Fsp3) is 0.429. The van der Waals surface area contributed by atoms with Gasteiger partial charge in [0.1, 0.15) is 11.5 Å². The van der Waals surface area contributed by atoms with Crippen LogP contribution in [0.15, 0.2) is 12.1 Å². The number of hydrogen-bond donors (Lipinski definition) is 2. The van der Waals surface area contributed by atoms with Crippen LogP contribution in [-0.2, 0) is 4.79 Å². The first-order valence-electron chi connectivity index (χ1n) is 6.34. The van der Waals surface area contributed by atoms with Crippen LogP contribution in [0.4, 0.5) is 14.5 Å². The Labute approximate surface area is 121 Å². The van der Waals surface area contributed by atoms with Gasteiger partial charge in [-0.3, -0.25) is 4.79 Å². The molecule has 20 heavy (non-hydrogen) atoms. The second-order valence-corrected chi connectivity index (χ2v) is 5.91. The summed E-state index contributed by atoms with van der Waals surface area (Å²) in [6.07, 6.45) is 1.01. The van der Waals surface area contributed by atoms with Crippen LogP contribution >= 0.6 is 12.2 Å². The zero-order valence-electron chi connectivity index (χ0n) is 11.3. The molecule has 0 aromatic heterocycles. The molecule has 3 N–H and O–H groups in total. The number of anilines is 1. The maximum absolute atomic E-state index is 13.9. The van der Waals surface area contributed by atoms with Gasteiger partial charge in [0.15, 0.2) is 5.82 Å². The molecule has 1 aliphatic rings. The molecule has 3 nitrogen and oxygen atoms in total. The molecule has 1 aromatic carbocycles. The molecular weight excluding hydrogens is 282 g/mol. The average Bonchev–Trinajstić information content (AvgIpc) is 2.34. The van der Waals surface area contributed by atoms with Gasteiger partial charge in [0, 0.05) is 0 Å². The second kappa shape index (κ2) is 5.09. The van der Waals surface area contributed by atoms with Crippen molar-refractivity contribution in [1.82, 2.24) is 0 Å². The minimum Gasteiger partial charge on any atom is -0.392 e. The van der Waals surface area contributed by atoms with Crippen molar-refractivity contribution in [3.05, 3.63) is 29.3 Å². The lowest BCUT2D eigenvalue weighted by molar-refractivity contribution is -0.127. The van der Waals surface area contributed by atoms with Crippen molar-refractivity contribution in [3.63, 3.8) is 0 Å². The Morgan fingerprint density at radius 2 is 2.05 bits per heavy atom. The maximum Gasteiger partial charge on any atom is 0.237 e. The van der Waals surface area contributed by atoms with Crippen molar-refractivity contribution in [2.75, 3.05) is 5.32 Å². The van der Waals surface area contributed by atoms with Crippen LogP contribution in [-0.4, -0.2) is 10.9 Å². The van der Waals surface area contributed by atoms with Crippen molar-refractivity contribution in [3.8, 4) is 0 Å². The van der Waals surface area contributed by atoms with E-state index in [1.165, 1.54) is 13.0 Å². The van der Waals surface area contributed by atoms with Gasteiger partial charge in [-0.15, -0.1) is 0 Å². The number of carbonyl (C=O) groups is 1. The van der Waals surface area contributed by atoms with E-state index in [1.807, 2.05) is 6.92 Å². The van der Waals surface area contributed by atoms with E-state index in [4.69, 9.17) is 18.0 Å². The Bertz CT molecular complexity index is 583. The lowest BCUT2D eigenvalue weighted by atomic mass is 9.62. The predicted molar refractivity (Wildman–Crippen MR) is 77.3 cm³/mol. The third kappa shape index (κ3) is 2.28. The number of nitrogens with one attached hydrogen (secondary N) is 1. The molecule has 0 atom stereocenters. The fourth-order valence-corrected chi connectivity index (χ4v) is 2.89. The molecular formula is C14H16F2N2OS. The van der Waals surface area contributed by atoms with Gasteiger partial charge in [0.2, 0.25) is 5.91 Å². The summed E-state index contributed by atoms with van der Waals surface area (Å²) in [5.74, 6) is -1.81. The summed E-state index contributed by atoms with van der Waals surface area (Å²) in [7, 11) is 0. The number of rotatable bonds is 3. The van der Waals surface area contributed by atoms with E-state index in [1.54, 1.807) is 0 Å². The van der Waals surface area contributed by atoms with Gasteiger partial charge in [0.05, 0.1) is 10.4 Å². The number of halogens is 2. The molecule has 2 rings (SSSR count). The molecule has 1 amide bonds. The molecule has 1 saturated carbocycles. The SMILES string of the molecule is Cc1ccc(F)c(NC(=O)C2(C(N)=S)CC(C)C2)c1F. The molecule has 1 aliphatic carbocycles. The third-order valence-electron chi connectivity index (χ3n) is 3.82. The molecule has 0 spiro atoms. The van der Waals surface area contributed by atoms with Gasteiger partial charge in [-0.05, 0) is 37.3 Å². The molecule has 0 radical (unpaired) electrons. The third-order valence-corrected chi connectivity index (χ3v) is 4.21. The van der Waals surface area contributed by atoms with Gasteiger partial charge >= 0.3 is 0 Å². The highest BCUT2D eigenvalue weighted by Crippen LogP contribution is 2.46. The van der Waals surface area contributed by atoms with E-state index in [0.717, 1.165) is 6.07 Å². The van der Waals surface area contributed by atoms with Crippen molar-refractivity contribution < 1.29 is 13.6 Å². The number of carbonyl (C=O) groups excluding carboxylic acids is 1. The average molecular weight is 298 g/mol. The van der Waals surface area contributed by atoms with E-state index in [0.29, 0.717) is 18.8 Å². The number of amides is 1. The molecule has 0 saturated heterocycles. The Balaban J connectivity index is 2.29. The van der Waals surface area contributed by atoms with Gasteiger partial charge in [-0.2, -0.15) is 0 Å². The van der Waals surface area contributed by atoms with Gasteiger partial charge in [-0.25, -0.2) is 8.78 Å². The lowest BCUT2D eigenvalue weighted by Gasteiger charge is -2.44. The summed E-state index contributed by atoms with van der Waals surface area (Å²) in [4.78, 5) is 12.4. The topological polar surface area (TPSA) is 55.1 Å². The molecule has 108 valence electrons. The predicted octanol–water partition coefficient (Wildman–Crippen LogP) is 2.91. The fourth-order valence-electron chi connectivity index (χ4n) is 2.63. The van der Waals surface area contributed by atoms with Crippen LogP contribution in [0.3, 0.4) is 0 Å². The first kappa shape index (κ1) is 14.8. The van der Waals surface area contributed by atoms with Crippen LogP contribution in [0.25, 0.3) is 0 Å². The van der Waals surface area contributed by atoms with Crippen molar-refractivity contribution in [2.45, 2.75) is 26.7 Å². The number of hydrogen-bond acceptors (Lipinski definition) is 2. The highest BCUT2D eigenvalue weighted by Gasteiger charge is 2.51. The normalized spacial score (nSPS) is 24.9. The molecule has 0 heterocycles. The highest BCUT2D eigenvalue weighted by atomic mass is 32.1. The number of thiocarbonyl (C=S) groups is 1. The second-order valence-electron chi connectivity index (χ2n) is 5.47.